The molecule has 0 radical (unpaired) electrons. The minimum absolute atomic E-state index is 0. The summed E-state index contributed by atoms with van der Waals surface area (Å²) in [4.78, 5) is 32.8. The van der Waals surface area contributed by atoms with E-state index < -0.39 is 30.3 Å². The van der Waals surface area contributed by atoms with Gasteiger partial charge in [0.15, 0.2) is 0 Å². The molecule has 0 heterocycles. The molecule has 21 heavy (non-hydrogen) atoms. The summed E-state index contributed by atoms with van der Waals surface area (Å²) in [6.07, 6.45) is -0.744. The van der Waals surface area contributed by atoms with Crippen molar-refractivity contribution in [1.82, 2.24) is 5.32 Å². The summed E-state index contributed by atoms with van der Waals surface area (Å²) in [6.45, 7) is 0. The van der Waals surface area contributed by atoms with Crippen LogP contribution >= 0.6 is 22.6 Å². The number of aliphatic carboxylic acids is 2. The van der Waals surface area contributed by atoms with Crippen LogP contribution in [-0.4, -0.2) is 23.9 Å². The van der Waals surface area contributed by atoms with Crippen LogP contribution in [0.2, 0.25) is 0 Å². The van der Waals surface area contributed by atoms with Crippen LogP contribution in [0.15, 0.2) is 24.3 Å². The van der Waals surface area contributed by atoms with Crippen molar-refractivity contribution in [1.29, 1.82) is 0 Å². The summed E-state index contributed by atoms with van der Waals surface area (Å²) in [5.74, 6) is -3.50. The molecule has 0 bridgehead atoms. The number of halogens is 1. The average Bonchev–Trinajstić information content (AvgIpc) is 2.34. The van der Waals surface area contributed by atoms with Crippen molar-refractivity contribution >= 4 is 40.4 Å². The summed E-state index contributed by atoms with van der Waals surface area (Å²) >= 11 is 2.07. The third kappa shape index (κ3) is 9.17. The molecular formula is C12H10INNa2O5. The number of carbonyl (C=O) groups is 3. The first-order valence-electron chi connectivity index (χ1n) is 5.37. The van der Waals surface area contributed by atoms with E-state index in [1.807, 2.05) is 0 Å². The zero-order chi connectivity index (χ0) is 14.4. The maximum Gasteiger partial charge on any atom is 1.00 e. The maximum absolute atomic E-state index is 11.7. The van der Waals surface area contributed by atoms with Crippen molar-refractivity contribution in [2.75, 3.05) is 0 Å². The van der Waals surface area contributed by atoms with E-state index in [0.29, 0.717) is 5.56 Å². The minimum atomic E-state index is -1.53. The van der Waals surface area contributed by atoms with Gasteiger partial charge in [0.05, 0.1) is 12.0 Å². The Morgan fingerprint density at radius 3 is 2.05 bits per heavy atom. The molecule has 1 amide bonds. The van der Waals surface area contributed by atoms with Gasteiger partial charge in [0.2, 0.25) is 0 Å². The third-order valence-corrected chi connectivity index (χ3v) is 3.05. The first-order chi connectivity index (χ1) is 8.90. The number of carbonyl (C=O) groups excluding carboxylic acids is 3. The van der Waals surface area contributed by atoms with Crippen LogP contribution in [0.3, 0.4) is 0 Å². The molecule has 0 spiro atoms. The van der Waals surface area contributed by atoms with Gasteiger partial charge >= 0.3 is 59.1 Å². The van der Waals surface area contributed by atoms with Gasteiger partial charge in [-0.05, 0) is 59.7 Å². The van der Waals surface area contributed by atoms with E-state index in [1.165, 1.54) is 0 Å². The number of nitrogens with one attached hydrogen (secondary N) is 1. The van der Waals surface area contributed by atoms with Crippen molar-refractivity contribution in [2.45, 2.75) is 18.9 Å². The Morgan fingerprint density at radius 1 is 1.10 bits per heavy atom. The zero-order valence-corrected chi connectivity index (χ0v) is 17.9. The standard InChI is InChI=1S/C12H12INO5.2Na/c13-8-3-1-7(2-4-8)11(17)14-9(12(18)19)5-6-10(15)16;;/h1-4,9H,5-6H2,(H,14,17)(H,15,16)(H,18,19);;/q;2*+1/p-2. The van der Waals surface area contributed by atoms with E-state index in [2.05, 4.69) is 27.9 Å². The predicted octanol–water partition coefficient (Wildman–Crippen LogP) is -7.32. The Balaban J connectivity index is 0. The van der Waals surface area contributed by atoms with E-state index in [4.69, 9.17) is 0 Å². The van der Waals surface area contributed by atoms with Gasteiger partial charge in [-0.3, -0.25) is 4.79 Å². The van der Waals surface area contributed by atoms with E-state index in [0.717, 1.165) is 3.57 Å². The molecule has 0 saturated carbocycles. The zero-order valence-electron chi connectivity index (χ0n) is 11.7. The quantitative estimate of drug-likeness (QED) is 0.363. The Bertz CT molecular complexity index is 495. The molecule has 1 rings (SSSR count). The first-order valence-corrected chi connectivity index (χ1v) is 6.45. The van der Waals surface area contributed by atoms with Crippen LogP contribution in [0.25, 0.3) is 0 Å². The number of rotatable bonds is 6. The van der Waals surface area contributed by atoms with Gasteiger partial charge < -0.3 is 25.1 Å². The van der Waals surface area contributed by atoms with Crippen molar-refractivity contribution in [3.63, 3.8) is 0 Å². The molecule has 0 aliphatic rings. The molecule has 6 nitrogen and oxygen atoms in total. The van der Waals surface area contributed by atoms with Crippen molar-refractivity contribution in [3.8, 4) is 0 Å². The van der Waals surface area contributed by atoms with Gasteiger partial charge in [0.25, 0.3) is 5.91 Å². The van der Waals surface area contributed by atoms with E-state index in [1.54, 1.807) is 24.3 Å². The summed E-state index contributed by atoms with van der Waals surface area (Å²) in [5, 5.41) is 23.3. The second-order valence-corrected chi connectivity index (χ2v) is 5.01. The summed E-state index contributed by atoms with van der Waals surface area (Å²) in [6, 6.07) is 5.13. The maximum atomic E-state index is 11.7. The van der Waals surface area contributed by atoms with Gasteiger partial charge in [-0.15, -0.1) is 0 Å². The van der Waals surface area contributed by atoms with Crippen LogP contribution in [-0.2, 0) is 9.59 Å². The fraction of sp³-hybridized carbons (Fsp3) is 0.250. The molecule has 1 N–H and O–H groups in total. The molecule has 0 aromatic heterocycles. The SMILES string of the molecule is O=C([O-])CCC(NC(=O)c1ccc(I)cc1)C(=O)[O-].[Na+].[Na+]. The van der Waals surface area contributed by atoms with Crippen LogP contribution in [0.1, 0.15) is 23.2 Å². The molecule has 1 atom stereocenters. The molecule has 1 aromatic carbocycles. The fourth-order valence-corrected chi connectivity index (χ4v) is 1.71. The van der Waals surface area contributed by atoms with Crippen LogP contribution < -0.4 is 74.6 Å². The average molecular weight is 421 g/mol. The summed E-state index contributed by atoms with van der Waals surface area (Å²) in [7, 11) is 0. The number of hydrogen-bond donors (Lipinski definition) is 1. The van der Waals surface area contributed by atoms with Crippen molar-refractivity contribution in [3.05, 3.63) is 33.4 Å². The van der Waals surface area contributed by atoms with Gasteiger partial charge in [-0.2, -0.15) is 0 Å². The Hall–Kier alpha value is 0.360. The minimum Gasteiger partial charge on any atom is -0.550 e. The molecule has 0 aliphatic carbocycles. The molecular weight excluding hydrogens is 411 g/mol. The number of amides is 1. The fourth-order valence-electron chi connectivity index (χ4n) is 1.35. The monoisotopic (exact) mass is 421 g/mol. The van der Waals surface area contributed by atoms with Gasteiger partial charge in [0.1, 0.15) is 0 Å². The number of carboxylic acid groups (broad SMARTS) is 2. The number of benzene rings is 1. The van der Waals surface area contributed by atoms with Crippen LogP contribution in [0, 0.1) is 3.57 Å². The van der Waals surface area contributed by atoms with Crippen LogP contribution in [0.5, 0.6) is 0 Å². The smallest absolute Gasteiger partial charge is 0.550 e. The Kier molecular flexibility index (Phi) is 13.3. The predicted molar refractivity (Wildman–Crippen MR) is 69.7 cm³/mol. The normalized spacial score (nSPS) is 10.5. The number of carboxylic acids is 2. The van der Waals surface area contributed by atoms with E-state index in [-0.39, 0.29) is 65.5 Å². The molecule has 0 aliphatic heterocycles. The van der Waals surface area contributed by atoms with Gasteiger partial charge in [0, 0.05) is 15.1 Å². The second-order valence-electron chi connectivity index (χ2n) is 3.76. The van der Waals surface area contributed by atoms with Crippen molar-refractivity contribution < 1.29 is 83.7 Å². The first kappa shape index (κ1) is 23.6. The largest absolute Gasteiger partial charge is 1.00 e. The van der Waals surface area contributed by atoms with E-state index in [9.17, 15) is 24.6 Å². The molecule has 0 fully saturated rings. The molecule has 9 heteroatoms. The molecule has 1 unspecified atom stereocenters. The third-order valence-electron chi connectivity index (χ3n) is 2.33. The molecule has 1 aromatic rings. The summed E-state index contributed by atoms with van der Waals surface area (Å²) < 4.78 is 0.933. The number of hydrogen-bond acceptors (Lipinski definition) is 5. The molecule has 102 valence electrons. The second kappa shape index (κ2) is 11.9. The van der Waals surface area contributed by atoms with Gasteiger partial charge in [-0.25, -0.2) is 0 Å². The topological polar surface area (TPSA) is 109 Å². The van der Waals surface area contributed by atoms with E-state index >= 15 is 0 Å². The van der Waals surface area contributed by atoms with Crippen molar-refractivity contribution in [2.24, 2.45) is 0 Å². The van der Waals surface area contributed by atoms with Gasteiger partial charge in [-0.1, -0.05) is 0 Å². The molecule has 0 saturated heterocycles. The Morgan fingerprint density at radius 2 is 1.62 bits per heavy atom. The Labute approximate surface area is 179 Å². The summed E-state index contributed by atoms with van der Waals surface area (Å²) in [5.41, 5.74) is 0.292. The van der Waals surface area contributed by atoms with Crippen LogP contribution in [0.4, 0.5) is 0 Å².